The zero-order valence-electron chi connectivity index (χ0n) is 16.1. The van der Waals surface area contributed by atoms with Crippen molar-refractivity contribution in [3.8, 4) is 11.5 Å². The summed E-state index contributed by atoms with van der Waals surface area (Å²) in [4.78, 5) is 19.3. The summed E-state index contributed by atoms with van der Waals surface area (Å²) in [6, 6.07) is 14.0. The Kier molecular flexibility index (Phi) is 6.31. The van der Waals surface area contributed by atoms with Gasteiger partial charge in [-0.05, 0) is 29.8 Å². The molecule has 0 saturated carbocycles. The Labute approximate surface area is 168 Å². The Balaban J connectivity index is 1.65. The summed E-state index contributed by atoms with van der Waals surface area (Å²) in [5.74, 6) is 2.62. The third kappa shape index (κ3) is 5.48. The molecule has 3 aromatic rings. The van der Waals surface area contributed by atoms with Gasteiger partial charge in [-0.2, -0.15) is 0 Å². The summed E-state index contributed by atoms with van der Waals surface area (Å²) < 4.78 is 10.6. The fourth-order valence-electron chi connectivity index (χ4n) is 2.60. The fourth-order valence-corrected chi connectivity index (χ4v) is 2.60. The van der Waals surface area contributed by atoms with E-state index in [1.165, 1.54) is 6.33 Å². The van der Waals surface area contributed by atoms with Crippen LogP contribution in [-0.2, 0) is 6.54 Å². The number of carbonyl (C=O) groups is 1. The molecule has 9 heteroatoms. The quantitative estimate of drug-likeness (QED) is 0.462. The number of benzene rings is 2. The molecule has 0 fully saturated rings. The van der Waals surface area contributed by atoms with Crippen molar-refractivity contribution in [1.29, 1.82) is 0 Å². The molecule has 2 amide bonds. The largest absolute Gasteiger partial charge is 0.497 e. The van der Waals surface area contributed by atoms with Gasteiger partial charge in [-0.15, -0.1) is 0 Å². The van der Waals surface area contributed by atoms with Gasteiger partial charge in [0, 0.05) is 24.4 Å². The predicted octanol–water partition coefficient (Wildman–Crippen LogP) is 3.34. The monoisotopic (exact) mass is 394 g/mol. The number of amides is 2. The molecule has 0 bridgehead atoms. The number of hydrogen-bond acceptors (Lipinski definition) is 7. The summed E-state index contributed by atoms with van der Waals surface area (Å²) in [6.07, 6.45) is 1.47. The van der Waals surface area contributed by atoms with Crippen molar-refractivity contribution in [2.75, 3.05) is 30.2 Å². The molecule has 0 unspecified atom stereocenters. The molecule has 0 radical (unpaired) electrons. The molecule has 2 aromatic carbocycles. The summed E-state index contributed by atoms with van der Waals surface area (Å²) in [6.45, 7) is 0.555. The van der Waals surface area contributed by atoms with E-state index in [0.717, 1.165) is 11.3 Å². The second-order valence-corrected chi connectivity index (χ2v) is 6.02. The number of nitrogens with one attached hydrogen (secondary N) is 3. The predicted molar refractivity (Wildman–Crippen MR) is 112 cm³/mol. The van der Waals surface area contributed by atoms with Crippen molar-refractivity contribution in [3.05, 3.63) is 60.4 Å². The van der Waals surface area contributed by atoms with Crippen LogP contribution in [0.15, 0.2) is 54.9 Å². The summed E-state index contributed by atoms with van der Waals surface area (Å²) >= 11 is 0. The van der Waals surface area contributed by atoms with Gasteiger partial charge < -0.3 is 31.2 Å². The van der Waals surface area contributed by atoms with E-state index in [1.54, 1.807) is 38.5 Å². The minimum Gasteiger partial charge on any atom is -0.497 e. The third-order valence-corrected chi connectivity index (χ3v) is 4.03. The van der Waals surface area contributed by atoms with Crippen molar-refractivity contribution < 1.29 is 14.3 Å². The number of anilines is 4. The molecular weight excluding hydrogens is 372 g/mol. The molecule has 3 rings (SSSR count). The standard InChI is InChI=1S/C20H22N6O3/c1-28-15-7-8-16(17(9-15)29-2)26-19-10-18(23-12-24-19)22-11-13-3-5-14(6-4-13)25-20(21)27/h3-10,12H,11H2,1-2H3,(H3,21,25,27)(H2,22,23,24,26). The second-order valence-electron chi connectivity index (χ2n) is 6.02. The lowest BCUT2D eigenvalue weighted by Crippen LogP contribution is -2.19. The molecule has 0 atom stereocenters. The van der Waals surface area contributed by atoms with Crippen LogP contribution in [0.4, 0.5) is 27.8 Å². The number of methoxy groups -OCH3 is 2. The molecule has 1 heterocycles. The number of nitrogens with zero attached hydrogens (tertiary/aromatic N) is 2. The van der Waals surface area contributed by atoms with E-state index >= 15 is 0 Å². The van der Waals surface area contributed by atoms with Gasteiger partial charge in [0.1, 0.15) is 29.5 Å². The molecular formula is C20H22N6O3. The van der Waals surface area contributed by atoms with Crippen LogP contribution < -0.4 is 31.2 Å². The maximum Gasteiger partial charge on any atom is 0.316 e. The van der Waals surface area contributed by atoms with E-state index in [1.807, 2.05) is 24.3 Å². The van der Waals surface area contributed by atoms with Crippen LogP contribution >= 0.6 is 0 Å². The number of urea groups is 1. The van der Waals surface area contributed by atoms with Crippen molar-refractivity contribution in [3.63, 3.8) is 0 Å². The van der Waals surface area contributed by atoms with Gasteiger partial charge in [-0.1, -0.05) is 12.1 Å². The van der Waals surface area contributed by atoms with Crippen LogP contribution in [-0.4, -0.2) is 30.2 Å². The maximum absolute atomic E-state index is 10.9. The van der Waals surface area contributed by atoms with Crippen molar-refractivity contribution in [2.24, 2.45) is 5.73 Å². The molecule has 9 nitrogen and oxygen atoms in total. The van der Waals surface area contributed by atoms with E-state index in [0.29, 0.717) is 35.4 Å². The first-order valence-electron chi connectivity index (χ1n) is 8.78. The normalized spacial score (nSPS) is 10.1. The van der Waals surface area contributed by atoms with Gasteiger partial charge in [0.2, 0.25) is 0 Å². The molecule has 5 N–H and O–H groups in total. The Bertz CT molecular complexity index is 978. The minimum atomic E-state index is -0.592. The fraction of sp³-hybridized carbons (Fsp3) is 0.150. The lowest BCUT2D eigenvalue weighted by atomic mass is 10.2. The SMILES string of the molecule is COc1ccc(Nc2cc(NCc3ccc(NC(N)=O)cc3)ncn2)c(OC)c1. The molecule has 0 aliphatic carbocycles. The Morgan fingerprint density at radius 3 is 2.45 bits per heavy atom. The van der Waals surface area contributed by atoms with Crippen LogP contribution in [0.2, 0.25) is 0 Å². The van der Waals surface area contributed by atoms with Gasteiger partial charge in [0.15, 0.2) is 0 Å². The first kappa shape index (κ1) is 19.7. The van der Waals surface area contributed by atoms with E-state index in [2.05, 4.69) is 25.9 Å². The van der Waals surface area contributed by atoms with Crippen molar-refractivity contribution in [2.45, 2.75) is 6.54 Å². The molecule has 0 aliphatic rings. The van der Waals surface area contributed by atoms with Crippen LogP contribution in [0.3, 0.4) is 0 Å². The zero-order chi connectivity index (χ0) is 20.6. The van der Waals surface area contributed by atoms with Crippen LogP contribution in [0.1, 0.15) is 5.56 Å². The lowest BCUT2D eigenvalue weighted by molar-refractivity contribution is 0.259. The minimum absolute atomic E-state index is 0.555. The topological polar surface area (TPSA) is 123 Å². The number of carbonyl (C=O) groups excluding carboxylic acids is 1. The summed E-state index contributed by atoms with van der Waals surface area (Å²) in [5, 5.41) is 8.98. The highest BCUT2D eigenvalue weighted by Gasteiger charge is 2.07. The van der Waals surface area contributed by atoms with Gasteiger partial charge in [-0.3, -0.25) is 0 Å². The van der Waals surface area contributed by atoms with Crippen LogP contribution in [0.25, 0.3) is 0 Å². The third-order valence-electron chi connectivity index (χ3n) is 4.03. The average molecular weight is 394 g/mol. The molecule has 150 valence electrons. The number of primary amides is 1. The number of ether oxygens (including phenoxy) is 2. The lowest BCUT2D eigenvalue weighted by Gasteiger charge is -2.13. The smallest absolute Gasteiger partial charge is 0.316 e. The summed E-state index contributed by atoms with van der Waals surface area (Å²) in [5.41, 5.74) is 7.52. The van der Waals surface area contributed by atoms with Gasteiger partial charge in [0.05, 0.1) is 19.9 Å². The molecule has 0 spiro atoms. The van der Waals surface area contributed by atoms with Crippen LogP contribution in [0, 0.1) is 0 Å². The summed E-state index contributed by atoms with van der Waals surface area (Å²) in [7, 11) is 3.20. The Hall–Kier alpha value is -4.01. The van der Waals surface area contributed by atoms with Gasteiger partial charge in [-0.25, -0.2) is 14.8 Å². The highest BCUT2D eigenvalue weighted by atomic mass is 16.5. The van der Waals surface area contributed by atoms with Crippen molar-refractivity contribution >= 4 is 29.0 Å². The van der Waals surface area contributed by atoms with Gasteiger partial charge >= 0.3 is 6.03 Å². The van der Waals surface area contributed by atoms with E-state index in [-0.39, 0.29) is 0 Å². The molecule has 1 aromatic heterocycles. The highest BCUT2D eigenvalue weighted by molar-refractivity contribution is 5.87. The first-order chi connectivity index (χ1) is 14.1. The average Bonchev–Trinajstić information content (AvgIpc) is 2.73. The molecule has 0 saturated heterocycles. The van der Waals surface area contributed by atoms with E-state index in [4.69, 9.17) is 15.2 Å². The number of nitrogens with two attached hydrogens (primary N) is 1. The molecule has 0 aliphatic heterocycles. The maximum atomic E-state index is 10.9. The number of aromatic nitrogens is 2. The van der Waals surface area contributed by atoms with Gasteiger partial charge in [0.25, 0.3) is 0 Å². The molecule has 29 heavy (non-hydrogen) atoms. The Morgan fingerprint density at radius 1 is 1.00 bits per heavy atom. The van der Waals surface area contributed by atoms with E-state index in [9.17, 15) is 4.79 Å². The first-order valence-corrected chi connectivity index (χ1v) is 8.78. The van der Waals surface area contributed by atoms with Crippen molar-refractivity contribution in [1.82, 2.24) is 9.97 Å². The number of rotatable bonds is 8. The second kappa shape index (κ2) is 9.27. The van der Waals surface area contributed by atoms with Crippen LogP contribution in [0.5, 0.6) is 11.5 Å². The zero-order valence-corrected chi connectivity index (χ0v) is 16.1. The Morgan fingerprint density at radius 2 is 1.76 bits per heavy atom. The highest BCUT2D eigenvalue weighted by Crippen LogP contribution is 2.31. The number of hydrogen-bond donors (Lipinski definition) is 4. The van der Waals surface area contributed by atoms with E-state index < -0.39 is 6.03 Å².